The first-order valence-corrected chi connectivity index (χ1v) is 4.73. The van der Waals surface area contributed by atoms with Crippen molar-refractivity contribution in [1.29, 1.82) is 0 Å². The zero-order valence-corrected chi connectivity index (χ0v) is 7.85. The lowest BCUT2D eigenvalue weighted by atomic mass is 10.5. The molecule has 0 aromatic carbocycles. The van der Waals surface area contributed by atoms with Crippen molar-refractivity contribution in [3.8, 4) is 5.88 Å². The first-order chi connectivity index (χ1) is 6.83. The average molecular weight is 195 g/mol. The van der Waals surface area contributed by atoms with Crippen LogP contribution in [-0.4, -0.2) is 22.7 Å². The van der Waals surface area contributed by atoms with Gasteiger partial charge in [0.15, 0.2) is 0 Å². The molecule has 0 bridgehead atoms. The van der Waals surface area contributed by atoms with Gasteiger partial charge in [0, 0.05) is 25.0 Å². The predicted octanol–water partition coefficient (Wildman–Crippen LogP) is -0.0843. The SMILES string of the molecule is NCCOc1nccn(C2CC2)c1=O. The Morgan fingerprint density at radius 1 is 1.64 bits per heavy atom. The van der Waals surface area contributed by atoms with Crippen LogP contribution in [0.3, 0.4) is 0 Å². The minimum absolute atomic E-state index is 0.150. The number of nitrogens with two attached hydrogens (primary N) is 1. The summed E-state index contributed by atoms with van der Waals surface area (Å²) in [5.74, 6) is 0.157. The van der Waals surface area contributed by atoms with Crippen LogP contribution >= 0.6 is 0 Å². The fraction of sp³-hybridized carbons (Fsp3) is 0.556. The van der Waals surface area contributed by atoms with Gasteiger partial charge in [0.1, 0.15) is 6.61 Å². The molecule has 1 aliphatic rings. The lowest BCUT2D eigenvalue weighted by molar-refractivity contribution is 0.307. The van der Waals surface area contributed by atoms with Crippen molar-refractivity contribution < 1.29 is 4.74 Å². The second-order valence-electron chi connectivity index (χ2n) is 3.31. The van der Waals surface area contributed by atoms with Crippen LogP contribution < -0.4 is 16.0 Å². The summed E-state index contributed by atoms with van der Waals surface area (Å²) in [5.41, 5.74) is 5.13. The van der Waals surface area contributed by atoms with Crippen molar-refractivity contribution in [1.82, 2.24) is 9.55 Å². The molecule has 0 radical (unpaired) electrons. The van der Waals surface area contributed by atoms with Crippen molar-refractivity contribution in [3.05, 3.63) is 22.7 Å². The van der Waals surface area contributed by atoms with Crippen LogP contribution in [0.1, 0.15) is 18.9 Å². The maximum Gasteiger partial charge on any atom is 0.313 e. The summed E-state index contributed by atoms with van der Waals surface area (Å²) in [6.45, 7) is 0.719. The highest BCUT2D eigenvalue weighted by Crippen LogP contribution is 2.33. The smallest absolute Gasteiger partial charge is 0.313 e. The molecule has 1 saturated carbocycles. The van der Waals surface area contributed by atoms with Crippen molar-refractivity contribution in [2.45, 2.75) is 18.9 Å². The maximum atomic E-state index is 11.7. The molecule has 0 saturated heterocycles. The zero-order chi connectivity index (χ0) is 9.97. The topological polar surface area (TPSA) is 70.1 Å². The van der Waals surface area contributed by atoms with Crippen LogP contribution in [0.2, 0.25) is 0 Å². The highest BCUT2D eigenvalue weighted by molar-refractivity contribution is 5.06. The van der Waals surface area contributed by atoms with Crippen molar-refractivity contribution >= 4 is 0 Å². The van der Waals surface area contributed by atoms with E-state index in [-0.39, 0.29) is 11.4 Å². The van der Waals surface area contributed by atoms with E-state index in [2.05, 4.69) is 4.98 Å². The second kappa shape index (κ2) is 3.79. The van der Waals surface area contributed by atoms with Gasteiger partial charge in [-0.1, -0.05) is 0 Å². The third-order valence-electron chi connectivity index (χ3n) is 2.13. The molecular weight excluding hydrogens is 182 g/mol. The van der Waals surface area contributed by atoms with Gasteiger partial charge < -0.3 is 15.0 Å². The van der Waals surface area contributed by atoms with Gasteiger partial charge in [0.05, 0.1) is 0 Å². The fourth-order valence-electron chi connectivity index (χ4n) is 1.30. The van der Waals surface area contributed by atoms with E-state index >= 15 is 0 Å². The molecule has 0 spiro atoms. The molecule has 76 valence electrons. The van der Waals surface area contributed by atoms with Crippen molar-refractivity contribution in [3.63, 3.8) is 0 Å². The third kappa shape index (κ3) is 1.77. The van der Waals surface area contributed by atoms with E-state index in [0.29, 0.717) is 19.2 Å². The van der Waals surface area contributed by atoms with Crippen molar-refractivity contribution in [2.75, 3.05) is 13.2 Å². The molecule has 1 aliphatic carbocycles. The van der Waals surface area contributed by atoms with E-state index in [9.17, 15) is 4.79 Å². The molecule has 1 aromatic heterocycles. The Morgan fingerprint density at radius 2 is 2.43 bits per heavy atom. The first-order valence-electron chi connectivity index (χ1n) is 4.73. The van der Waals surface area contributed by atoms with Crippen LogP contribution in [0.4, 0.5) is 0 Å². The van der Waals surface area contributed by atoms with Crippen LogP contribution in [0.15, 0.2) is 17.2 Å². The lowest BCUT2D eigenvalue weighted by Gasteiger charge is -2.06. The minimum atomic E-state index is -0.150. The Kier molecular flexibility index (Phi) is 2.49. The van der Waals surface area contributed by atoms with Gasteiger partial charge in [-0.05, 0) is 12.8 Å². The molecule has 14 heavy (non-hydrogen) atoms. The first kappa shape index (κ1) is 9.21. The van der Waals surface area contributed by atoms with Gasteiger partial charge >= 0.3 is 5.56 Å². The van der Waals surface area contributed by atoms with E-state index in [1.807, 2.05) is 0 Å². The summed E-state index contributed by atoms with van der Waals surface area (Å²) in [4.78, 5) is 15.6. The monoisotopic (exact) mass is 195 g/mol. The summed E-state index contributed by atoms with van der Waals surface area (Å²) in [5, 5.41) is 0. The molecule has 5 nitrogen and oxygen atoms in total. The number of nitrogens with zero attached hydrogens (tertiary/aromatic N) is 2. The Hall–Kier alpha value is -1.36. The lowest BCUT2D eigenvalue weighted by Crippen LogP contribution is -2.23. The van der Waals surface area contributed by atoms with Gasteiger partial charge in [-0.2, -0.15) is 0 Å². The molecule has 0 atom stereocenters. The van der Waals surface area contributed by atoms with E-state index in [1.165, 1.54) is 0 Å². The number of ether oxygens (including phenoxy) is 1. The highest BCUT2D eigenvalue weighted by Gasteiger charge is 2.25. The molecule has 1 heterocycles. The van der Waals surface area contributed by atoms with E-state index in [1.54, 1.807) is 17.0 Å². The van der Waals surface area contributed by atoms with Crippen molar-refractivity contribution in [2.24, 2.45) is 5.73 Å². The van der Waals surface area contributed by atoms with E-state index < -0.39 is 0 Å². The summed E-state index contributed by atoms with van der Waals surface area (Å²) < 4.78 is 6.81. The predicted molar refractivity (Wildman–Crippen MR) is 51.3 cm³/mol. The average Bonchev–Trinajstić information content (AvgIpc) is 3.00. The summed E-state index contributed by atoms with van der Waals surface area (Å²) in [6.07, 6.45) is 5.43. The third-order valence-corrected chi connectivity index (χ3v) is 2.13. The van der Waals surface area contributed by atoms with Gasteiger partial charge in [-0.15, -0.1) is 0 Å². The standard InChI is InChI=1S/C9H13N3O2/c10-3-6-14-8-9(13)12(5-4-11-8)7-1-2-7/h4-5,7H,1-3,6,10H2. The van der Waals surface area contributed by atoms with Crippen LogP contribution in [0.5, 0.6) is 5.88 Å². The van der Waals surface area contributed by atoms with Crippen LogP contribution in [0, 0.1) is 0 Å². The number of aromatic nitrogens is 2. The van der Waals surface area contributed by atoms with Gasteiger partial charge in [0.2, 0.25) is 0 Å². The summed E-state index contributed by atoms with van der Waals surface area (Å²) in [6, 6.07) is 0.353. The number of hydrogen-bond acceptors (Lipinski definition) is 4. The molecule has 1 aromatic rings. The highest BCUT2D eigenvalue weighted by atomic mass is 16.5. The fourth-order valence-corrected chi connectivity index (χ4v) is 1.30. The molecule has 0 amide bonds. The van der Waals surface area contributed by atoms with Gasteiger partial charge in [-0.25, -0.2) is 4.98 Å². The molecule has 1 fully saturated rings. The van der Waals surface area contributed by atoms with Crippen LogP contribution in [-0.2, 0) is 0 Å². The van der Waals surface area contributed by atoms with Gasteiger partial charge in [0.25, 0.3) is 5.88 Å². The largest absolute Gasteiger partial charge is 0.472 e. The zero-order valence-electron chi connectivity index (χ0n) is 7.85. The summed E-state index contributed by atoms with van der Waals surface area (Å²) >= 11 is 0. The Balaban J connectivity index is 2.22. The molecule has 5 heteroatoms. The van der Waals surface area contributed by atoms with Gasteiger partial charge in [-0.3, -0.25) is 4.79 Å². The normalized spacial score (nSPS) is 15.5. The van der Waals surface area contributed by atoms with Crippen LogP contribution in [0.25, 0.3) is 0 Å². The molecular formula is C9H13N3O2. The number of rotatable bonds is 4. The Bertz CT molecular complexity index is 371. The minimum Gasteiger partial charge on any atom is -0.472 e. The molecule has 0 unspecified atom stereocenters. The van der Waals surface area contributed by atoms with E-state index in [4.69, 9.17) is 10.5 Å². The molecule has 2 rings (SSSR count). The molecule has 2 N–H and O–H groups in total. The Morgan fingerprint density at radius 3 is 3.07 bits per heavy atom. The maximum absolute atomic E-state index is 11.7. The number of hydrogen-bond donors (Lipinski definition) is 1. The summed E-state index contributed by atoms with van der Waals surface area (Å²) in [7, 11) is 0. The second-order valence-corrected chi connectivity index (χ2v) is 3.31. The quantitative estimate of drug-likeness (QED) is 0.729. The van der Waals surface area contributed by atoms with E-state index in [0.717, 1.165) is 12.8 Å². The molecule has 0 aliphatic heterocycles. The Labute approximate surface area is 81.5 Å².